The Hall–Kier alpha value is -1.17. The largest absolute Gasteiger partial charge is 0.363 e. The van der Waals surface area contributed by atoms with Crippen LogP contribution < -0.4 is 10.6 Å². The van der Waals surface area contributed by atoms with Crippen molar-refractivity contribution in [2.24, 2.45) is 11.8 Å². The minimum Gasteiger partial charge on any atom is -0.363 e. The van der Waals surface area contributed by atoms with Gasteiger partial charge >= 0.3 is 0 Å². The molecule has 1 aromatic rings. The van der Waals surface area contributed by atoms with Crippen LogP contribution in [-0.4, -0.2) is 29.2 Å². The SMILES string of the molecule is CCC1CCC(NC(=O)c2nnc(NC)s2)C1C. The standard InChI is InChI=1S/C12H20N4OS/c1-4-8-5-6-9(7(8)2)14-10(17)11-15-16-12(13-3)18-11/h7-9H,4-6H2,1-3H3,(H,13,16)(H,14,17). The Labute approximate surface area is 111 Å². The van der Waals surface area contributed by atoms with Gasteiger partial charge in [-0.2, -0.15) is 0 Å². The van der Waals surface area contributed by atoms with Gasteiger partial charge in [0.2, 0.25) is 10.1 Å². The molecule has 1 aromatic heterocycles. The number of carbonyl (C=O) groups excluding carboxylic acids is 1. The summed E-state index contributed by atoms with van der Waals surface area (Å²) in [5.74, 6) is 1.19. The van der Waals surface area contributed by atoms with E-state index in [0.29, 0.717) is 16.1 Å². The van der Waals surface area contributed by atoms with E-state index in [1.807, 2.05) is 0 Å². The highest BCUT2D eigenvalue weighted by molar-refractivity contribution is 7.17. The Morgan fingerprint density at radius 2 is 2.22 bits per heavy atom. The van der Waals surface area contributed by atoms with Crippen molar-refractivity contribution >= 4 is 22.4 Å². The third-order valence-corrected chi connectivity index (χ3v) is 4.84. The maximum absolute atomic E-state index is 12.0. The third-order valence-electron chi connectivity index (χ3n) is 3.90. The van der Waals surface area contributed by atoms with Crippen molar-refractivity contribution in [3.8, 4) is 0 Å². The molecule has 18 heavy (non-hydrogen) atoms. The molecule has 5 nitrogen and oxygen atoms in total. The van der Waals surface area contributed by atoms with Gasteiger partial charge in [-0.05, 0) is 24.7 Å². The lowest BCUT2D eigenvalue weighted by molar-refractivity contribution is 0.0925. The molecular formula is C12H20N4OS. The second-order valence-electron chi connectivity index (χ2n) is 4.85. The van der Waals surface area contributed by atoms with Gasteiger partial charge in [-0.3, -0.25) is 4.79 Å². The molecule has 1 amide bonds. The number of hydrogen-bond donors (Lipinski definition) is 2. The first kappa shape index (κ1) is 13.3. The number of amides is 1. The van der Waals surface area contributed by atoms with Gasteiger partial charge in [0, 0.05) is 13.1 Å². The molecule has 100 valence electrons. The maximum Gasteiger partial charge on any atom is 0.282 e. The molecule has 2 N–H and O–H groups in total. The smallest absolute Gasteiger partial charge is 0.282 e. The molecule has 0 bridgehead atoms. The lowest BCUT2D eigenvalue weighted by Crippen LogP contribution is -2.37. The zero-order chi connectivity index (χ0) is 13.1. The van der Waals surface area contributed by atoms with Gasteiger partial charge in [-0.25, -0.2) is 0 Å². The first-order valence-corrected chi connectivity index (χ1v) is 7.29. The number of aromatic nitrogens is 2. The first-order chi connectivity index (χ1) is 8.65. The molecule has 0 radical (unpaired) electrons. The van der Waals surface area contributed by atoms with Crippen LogP contribution >= 0.6 is 11.3 Å². The van der Waals surface area contributed by atoms with E-state index < -0.39 is 0 Å². The summed E-state index contributed by atoms with van der Waals surface area (Å²) >= 11 is 1.29. The molecule has 0 aliphatic heterocycles. The van der Waals surface area contributed by atoms with Crippen LogP contribution in [0.5, 0.6) is 0 Å². The van der Waals surface area contributed by atoms with Gasteiger partial charge in [0.25, 0.3) is 5.91 Å². The highest BCUT2D eigenvalue weighted by Crippen LogP contribution is 2.34. The second-order valence-corrected chi connectivity index (χ2v) is 5.82. The predicted molar refractivity (Wildman–Crippen MR) is 72.9 cm³/mol. The van der Waals surface area contributed by atoms with Crippen LogP contribution in [0.1, 0.15) is 42.9 Å². The van der Waals surface area contributed by atoms with Crippen LogP contribution in [0, 0.1) is 11.8 Å². The highest BCUT2D eigenvalue weighted by Gasteiger charge is 2.33. The average Bonchev–Trinajstić information content (AvgIpc) is 2.97. The highest BCUT2D eigenvalue weighted by atomic mass is 32.1. The number of nitrogens with one attached hydrogen (secondary N) is 2. The van der Waals surface area contributed by atoms with E-state index >= 15 is 0 Å². The Morgan fingerprint density at radius 3 is 2.78 bits per heavy atom. The monoisotopic (exact) mass is 268 g/mol. The van der Waals surface area contributed by atoms with E-state index in [2.05, 4.69) is 34.7 Å². The fraction of sp³-hybridized carbons (Fsp3) is 0.750. The van der Waals surface area contributed by atoms with Crippen molar-refractivity contribution in [2.45, 2.75) is 39.2 Å². The van der Waals surface area contributed by atoms with Crippen molar-refractivity contribution in [2.75, 3.05) is 12.4 Å². The van der Waals surface area contributed by atoms with E-state index in [9.17, 15) is 4.79 Å². The summed E-state index contributed by atoms with van der Waals surface area (Å²) in [6.45, 7) is 4.44. The van der Waals surface area contributed by atoms with E-state index in [-0.39, 0.29) is 11.9 Å². The van der Waals surface area contributed by atoms with Crippen molar-refractivity contribution in [1.29, 1.82) is 0 Å². The minimum absolute atomic E-state index is 0.0948. The summed E-state index contributed by atoms with van der Waals surface area (Å²) in [6.07, 6.45) is 3.47. The van der Waals surface area contributed by atoms with E-state index in [4.69, 9.17) is 0 Å². The van der Waals surface area contributed by atoms with Gasteiger partial charge in [0.05, 0.1) is 0 Å². The van der Waals surface area contributed by atoms with Crippen LogP contribution in [-0.2, 0) is 0 Å². The van der Waals surface area contributed by atoms with Crippen molar-refractivity contribution < 1.29 is 4.79 Å². The third kappa shape index (κ3) is 2.63. The summed E-state index contributed by atoms with van der Waals surface area (Å²) in [5.41, 5.74) is 0. The molecule has 1 fully saturated rings. The van der Waals surface area contributed by atoms with Crippen molar-refractivity contribution in [3.05, 3.63) is 5.01 Å². The molecule has 1 saturated carbocycles. The first-order valence-electron chi connectivity index (χ1n) is 6.47. The number of rotatable bonds is 4. The summed E-state index contributed by atoms with van der Waals surface area (Å²) in [6, 6.07) is 0.282. The van der Waals surface area contributed by atoms with Crippen LogP contribution in [0.2, 0.25) is 0 Å². The Bertz CT molecular complexity index is 420. The van der Waals surface area contributed by atoms with Gasteiger partial charge in [-0.15, -0.1) is 10.2 Å². The number of carbonyl (C=O) groups is 1. The Morgan fingerprint density at radius 1 is 1.44 bits per heavy atom. The van der Waals surface area contributed by atoms with Crippen LogP contribution in [0.15, 0.2) is 0 Å². The molecule has 2 rings (SSSR count). The minimum atomic E-state index is -0.0948. The van der Waals surface area contributed by atoms with Crippen molar-refractivity contribution in [1.82, 2.24) is 15.5 Å². The maximum atomic E-state index is 12.0. The van der Waals surface area contributed by atoms with Crippen LogP contribution in [0.4, 0.5) is 5.13 Å². The second kappa shape index (κ2) is 5.65. The molecule has 0 saturated heterocycles. The molecular weight excluding hydrogens is 248 g/mol. The zero-order valence-electron chi connectivity index (χ0n) is 11.1. The van der Waals surface area contributed by atoms with E-state index in [1.165, 1.54) is 24.2 Å². The topological polar surface area (TPSA) is 66.9 Å². The fourth-order valence-electron chi connectivity index (χ4n) is 2.67. The predicted octanol–water partition coefficient (Wildman–Crippen LogP) is 2.13. The molecule has 0 aromatic carbocycles. The zero-order valence-corrected chi connectivity index (χ0v) is 11.9. The summed E-state index contributed by atoms with van der Waals surface area (Å²) in [4.78, 5) is 12.0. The molecule has 1 aliphatic carbocycles. The molecule has 1 aliphatic rings. The summed E-state index contributed by atoms with van der Waals surface area (Å²) in [5, 5.41) is 14.8. The molecule has 3 unspecified atom stereocenters. The molecule has 1 heterocycles. The molecule has 0 spiro atoms. The Balaban J connectivity index is 1.95. The fourth-order valence-corrected chi connectivity index (χ4v) is 3.27. The molecule has 3 atom stereocenters. The van der Waals surface area contributed by atoms with Gasteiger partial charge in [-0.1, -0.05) is 31.6 Å². The number of hydrogen-bond acceptors (Lipinski definition) is 5. The lowest BCUT2D eigenvalue weighted by Gasteiger charge is -2.20. The lowest BCUT2D eigenvalue weighted by atomic mass is 9.93. The van der Waals surface area contributed by atoms with Gasteiger partial charge in [0.15, 0.2) is 0 Å². The Kier molecular flexibility index (Phi) is 4.16. The molecule has 6 heteroatoms. The normalized spacial score (nSPS) is 27.2. The number of nitrogens with zero attached hydrogens (tertiary/aromatic N) is 2. The van der Waals surface area contributed by atoms with Gasteiger partial charge < -0.3 is 10.6 Å². The quantitative estimate of drug-likeness (QED) is 0.878. The average molecular weight is 268 g/mol. The van der Waals surface area contributed by atoms with Gasteiger partial charge in [0.1, 0.15) is 0 Å². The van der Waals surface area contributed by atoms with E-state index in [0.717, 1.165) is 12.3 Å². The van der Waals surface area contributed by atoms with E-state index in [1.54, 1.807) is 7.05 Å². The number of anilines is 1. The van der Waals surface area contributed by atoms with Crippen LogP contribution in [0.3, 0.4) is 0 Å². The summed E-state index contributed by atoms with van der Waals surface area (Å²) in [7, 11) is 1.77. The van der Waals surface area contributed by atoms with Crippen molar-refractivity contribution in [3.63, 3.8) is 0 Å². The van der Waals surface area contributed by atoms with Crippen LogP contribution in [0.25, 0.3) is 0 Å². The summed E-state index contributed by atoms with van der Waals surface area (Å²) < 4.78 is 0.